The fourth-order valence-corrected chi connectivity index (χ4v) is 3.91. The molecule has 146 valence electrons. The summed E-state index contributed by atoms with van der Waals surface area (Å²) in [5.74, 6) is -1.83. The molecule has 1 aliphatic rings. The summed E-state index contributed by atoms with van der Waals surface area (Å²) in [4.78, 5) is 12.6. The van der Waals surface area contributed by atoms with Gasteiger partial charge in [0, 0.05) is 4.90 Å². The zero-order chi connectivity index (χ0) is 19.9. The molecule has 0 bridgehead atoms. The van der Waals surface area contributed by atoms with Gasteiger partial charge in [0.15, 0.2) is 5.17 Å². The summed E-state index contributed by atoms with van der Waals surface area (Å²) in [6, 6.07) is 14.1. The molecule has 0 radical (unpaired) electrons. The standard InChI is InChI=1S/C19H17F2N3O2S2/c1-26-14-6-2-13(3-7-14)11-22-24-19-23-17(25)16(28-19)10-12-4-8-15(9-5-12)27-18(20)21/h2-9,11,16,18H,10H2,1H3,(H,23,24,25). The Bertz CT molecular complexity index is 872. The number of thioether (sulfide) groups is 2. The SMILES string of the molecule is COc1ccc(C=NN=C2NC(=O)C(Cc3ccc(SC(F)F)cc3)S2)cc1. The zero-order valence-corrected chi connectivity index (χ0v) is 16.5. The summed E-state index contributed by atoms with van der Waals surface area (Å²) >= 11 is 1.80. The number of nitrogens with zero attached hydrogens (tertiary/aromatic N) is 2. The average molecular weight is 421 g/mol. The lowest BCUT2D eigenvalue weighted by Gasteiger charge is -2.06. The van der Waals surface area contributed by atoms with Crippen LogP contribution in [0.15, 0.2) is 63.6 Å². The van der Waals surface area contributed by atoms with E-state index in [4.69, 9.17) is 4.74 Å². The maximum atomic E-state index is 12.4. The molecule has 3 rings (SSSR count). The predicted octanol–water partition coefficient (Wildman–Crippen LogP) is 4.17. The van der Waals surface area contributed by atoms with Crippen molar-refractivity contribution in [3.8, 4) is 5.75 Å². The minimum absolute atomic E-state index is 0.144. The molecule has 0 aromatic heterocycles. The molecule has 1 fully saturated rings. The van der Waals surface area contributed by atoms with Crippen molar-refractivity contribution in [3.63, 3.8) is 0 Å². The summed E-state index contributed by atoms with van der Waals surface area (Å²) < 4.78 is 29.8. The molecule has 1 aliphatic heterocycles. The number of methoxy groups -OCH3 is 1. The molecule has 2 aromatic rings. The van der Waals surface area contributed by atoms with Crippen LogP contribution in [0.25, 0.3) is 0 Å². The second kappa shape index (κ2) is 9.70. The number of benzene rings is 2. The van der Waals surface area contributed by atoms with Crippen LogP contribution < -0.4 is 10.1 Å². The molecule has 1 unspecified atom stereocenters. The van der Waals surface area contributed by atoms with Crippen LogP contribution in [0.5, 0.6) is 5.75 Å². The minimum atomic E-state index is -2.45. The van der Waals surface area contributed by atoms with E-state index in [-0.39, 0.29) is 11.2 Å². The number of rotatable bonds is 7. The topological polar surface area (TPSA) is 63.1 Å². The van der Waals surface area contributed by atoms with Crippen LogP contribution in [0, 0.1) is 0 Å². The third-order valence-electron chi connectivity index (χ3n) is 3.82. The van der Waals surface area contributed by atoms with Crippen LogP contribution in [0.3, 0.4) is 0 Å². The third-order valence-corrected chi connectivity index (χ3v) is 5.61. The number of amides is 1. The van der Waals surface area contributed by atoms with E-state index in [1.54, 1.807) is 37.6 Å². The normalized spacial score (nSPS) is 18.2. The summed E-state index contributed by atoms with van der Waals surface area (Å²) in [5.41, 5.74) is 1.76. The second-order valence-corrected chi connectivity index (χ2v) is 8.00. The maximum Gasteiger partial charge on any atom is 0.288 e. The quantitative estimate of drug-likeness (QED) is 0.414. The Morgan fingerprint density at radius 2 is 1.93 bits per heavy atom. The highest BCUT2D eigenvalue weighted by atomic mass is 32.2. The van der Waals surface area contributed by atoms with Gasteiger partial charge >= 0.3 is 0 Å². The molecule has 1 amide bonds. The van der Waals surface area contributed by atoms with E-state index < -0.39 is 5.76 Å². The van der Waals surface area contributed by atoms with Crippen molar-refractivity contribution in [2.24, 2.45) is 10.2 Å². The fourth-order valence-electron chi connectivity index (χ4n) is 2.45. The van der Waals surface area contributed by atoms with Gasteiger partial charge in [0.05, 0.1) is 18.6 Å². The molecule has 1 N–H and O–H groups in total. The van der Waals surface area contributed by atoms with Gasteiger partial charge in [-0.15, -0.1) is 5.10 Å². The Morgan fingerprint density at radius 1 is 1.21 bits per heavy atom. The van der Waals surface area contributed by atoms with E-state index in [9.17, 15) is 13.6 Å². The lowest BCUT2D eigenvalue weighted by molar-refractivity contribution is -0.118. The van der Waals surface area contributed by atoms with Crippen molar-refractivity contribution in [1.29, 1.82) is 0 Å². The average Bonchev–Trinajstić information content (AvgIpc) is 3.03. The Morgan fingerprint density at radius 3 is 2.57 bits per heavy atom. The van der Waals surface area contributed by atoms with Gasteiger partial charge in [-0.3, -0.25) is 4.79 Å². The Labute approximate surface area is 169 Å². The van der Waals surface area contributed by atoms with Crippen molar-refractivity contribution < 1.29 is 18.3 Å². The molecular formula is C19H17F2N3O2S2. The Balaban J connectivity index is 1.56. The summed E-state index contributed by atoms with van der Waals surface area (Å²) in [6.07, 6.45) is 2.07. The Kier molecular flexibility index (Phi) is 7.05. The van der Waals surface area contributed by atoms with Crippen molar-refractivity contribution >= 4 is 40.8 Å². The molecule has 28 heavy (non-hydrogen) atoms. The lowest BCUT2D eigenvalue weighted by atomic mass is 10.1. The van der Waals surface area contributed by atoms with Crippen molar-refractivity contribution in [2.45, 2.75) is 22.3 Å². The molecule has 9 heteroatoms. The summed E-state index contributed by atoms with van der Waals surface area (Å²) in [5, 5.41) is 10.9. The van der Waals surface area contributed by atoms with E-state index in [1.165, 1.54) is 11.8 Å². The maximum absolute atomic E-state index is 12.4. The number of carbonyl (C=O) groups excluding carboxylic acids is 1. The number of hydrogen-bond donors (Lipinski definition) is 1. The highest BCUT2D eigenvalue weighted by molar-refractivity contribution is 8.15. The molecule has 1 saturated heterocycles. The van der Waals surface area contributed by atoms with Gasteiger partial charge < -0.3 is 10.1 Å². The number of amidine groups is 1. The first-order valence-electron chi connectivity index (χ1n) is 8.30. The lowest BCUT2D eigenvalue weighted by Crippen LogP contribution is -2.25. The molecule has 0 spiro atoms. The largest absolute Gasteiger partial charge is 0.497 e. The van der Waals surface area contributed by atoms with E-state index in [0.717, 1.165) is 16.9 Å². The summed E-state index contributed by atoms with van der Waals surface area (Å²) in [7, 11) is 1.60. The van der Waals surface area contributed by atoms with Gasteiger partial charge in [-0.25, -0.2) is 0 Å². The third kappa shape index (κ3) is 5.80. The zero-order valence-electron chi connectivity index (χ0n) is 14.8. The van der Waals surface area contributed by atoms with Gasteiger partial charge in [0.25, 0.3) is 5.76 Å². The molecule has 0 saturated carbocycles. The molecular weight excluding hydrogens is 404 g/mol. The molecule has 5 nitrogen and oxygen atoms in total. The first kappa shape index (κ1) is 20.3. The Hall–Kier alpha value is -2.39. The minimum Gasteiger partial charge on any atom is -0.497 e. The summed E-state index contributed by atoms with van der Waals surface area (Å²) in [6.45, 7) is 0. The van der Waals surface area contributed by atoms with Crippen LogP contribution in [-0.2, 0) is 11.2 Å². The first-order valence-corrected chi connectivity index (χ1v) is 10.1. The smallest absolute Gasteiger partial charge is 0.288 e. The van der Waals surface area contributed by atoms with E-state index in [2.05, 4.69) is 15.5 Å². The van der Waals surface area contributed by atoms with Crippen LogP contribution in [0.1, 0.15) is 11.1 Å². The highest BCUT2D eigenvalue weighted by Gasteiger charge is 2.30. The fraction of sp³-hybridized carbons (Fsp3) is 0.211. The van der Waals surface area contributed by atoms with Crippen LogP contribution >= 0.6 is 23.5 Å². The van der Waals surface area contributed by atoms with Crippen molar-refractivity contribution in [3.05, 3.63) is 59.7 Å². The molecule has 1 heterocycles. The van der Waals surface area contributed by atoms with Gasteiger partial charge in [-0.1, -0.05) is 35.7 Å². The number of ether oxygens (including phenoxy) is 1. The van der Waals surface area contributed by atoms with Gasteiger partial charge in [0.1, 0.15) is 5.75 Å². The van der Waals surface area contributed by atoms with Gasteiger partial charge in [-0.05, 0) is 53.9 Å². The predicted molar refractivity (Wildman–Crippen MR) is 110 cm³/mol. The van der Waals surface area contributed by atoms with E-state index in [0.29, 0.717) is 28.2 Å². The number of carbonyl (C=O) groups is 1. The van der Waals surface area contributed by atoms with Crippen LogP contribution in [0.2, 0.25) is 0 Å². The van der Waals surface area contributed by atoms with E-state index >= 15 is 0 Å². The van der Waals surface area contributed by atoms with Crippen LogP contribution in [0.4, 0.5) is 8.78 Å². The monoisotopic (exact) mass is 421 g/mol. The molecule has 1 atom stereocenters. The van der Waals surface area contributed by atoms with Crippen LogP contribution in [-0.4, -0.2) is 35.4 Å². The number of halogens is 2. The van der Waals surface area contributed by atoms with Gasteiger partial charge in [-0.2, -0.15) is 13.9 Å². The van der Waals surface area contributed by atoms with Crippen molar-refractivity contribution in [2.75, 3.05) is 7.11 Å². The van der Waals surface area contributed by atoms with Gasteiger partial charge in [0.2, 0.25) is 5.91 Å². The van der Waals surface area contributed by atoms with E-state index in [1.807, 2.05) is 24.3 Å². The number of nitrogens with one attached hydrogen (secondary N) is 1. The van der Waals surface area contributed by atoms with Crippen molar-refractivity contribution in [1.82, 2.24) is 5.32 Å². The second-order valence-electron chi connectivity index (χ2n) is 5.75. The first-order chi connectivity index (χ1) is 13.5. The highest BCUT2D eigenvalue weighted by Crippen LogP contribution is 2.27. The number of alkyl halides is 2. The molecule has 2 aromatic carbocycles. The number of hydrogen-bond acceptors (Lipinski definition) is 6. The molecule has 0 aliphatic carbocycles.